The maximum atomic E-state index is 12.9. The molecule has 0 amide bonds. The minimum atomic E-state index is -0.546. The maximum Gasteiger partial charge on any atom is 0.353 e. The van der Waals surface area contributed by atoms with Crippen molar-refractivity contribution >= 4 is 11.9 Å². The van der Waals surface area contributed by atoms with Crippen LogP contribution in [0.25, 0.3) is 0 Å². The van der Waals surface area contributed by atoms with E-state index in [2.05, 4.69) is 42.7 Å². The molecule has 0 spiro atoms. The van der Waals surface area contributed by atoms with E-state index in [9.17, 15) is 9.59 Å². The molecule has 0 aliphatic rings. The van der Waals surface area contributed by atoms with Crippen molar-refractivity contribution in [1.29, 1.82) is 0 Å². The Balaban J connectivity index is 2.46. The van der Waals surface area contributed by atoms with E-state index in [0.29, 0.717) is 6.42 Å². The highest BCUT2D eigenvalue weighted by atomic mass is 17.7. The van der Waals surface area contributed by atoms with E-state index in [1.165, 1.54) is 44.9 Å². The second kappa shape index (κ2) is 20.3. The van der Waals surface area contributed by atoms with Crippen molar-refractivity contribution in [3.63, 3.8) is 0 Å². The van der Waals surface area contributed by atoms with Gasteiger partial charge < -0.3 is 0 Å². The minimum Gasteiger partial charge on any atom is -0.266 e. The Kier molecular flexibility index (Phi) is 18.0. The Morgan fingerprint density at radius 2 is 1.20 bits per heavy atom. The molecule has 0 bridgehead atoms. The van der Waals surface area contributed by atoms with Crippen LogP contribution in [0.3, 0.4) is 0 Å². The number of rotatable bonds is 21. The number of carbonyl (C=O) groups is 2. The second-order valence-electron chi connectivity index (χ2n) is 9.76. The van der Waals surface area contributed by atoms with Crippen molar-refractivity contribution in [2.45, 2.75) is 136 Å². The molecule has 0 saturated heterocycles. The SMILES string of the molecule is CCCCCCCCCC(=O)OOOOC(=O)C(CCCCCCCC)c1ccccc1C(C)C. The fraction of sp³-hybridized carbons (Fsp3) is 0.724. The van der Waals surface area contributed by atoms with Gasteiger partial charge in [0.1, 0.15) is 0 Å². The predicted molar refractivity (Wildman–Crippen MR) is 138 cm³/mol. The number of carbonyl (C=O) groups excluding carboxylic acids is 2. The number of hydrogen-bond acceptors (Lipinski definition) is 6. The fourth-order valence-corrected chi connectivity index (χ4v) is 4.31. The van der Waals surface area contributed by atoms with Gasteiger partial charge in [0.05, 0.1) is 5.92 Å². The molecule has 1 aromatic rings. The van der Waals surface area contributed by atoms with E-state index in [4.69, 9.17) is 4.89 Å². The first-order valence-corrected chi connectivity index (χ1v) is 13.8. The van der Waals surface area contributed by atoms with Crippen LogP contribution in [-0.2, 0) is 29.4 Å². The summed E-state index contributed by atoms with van der Waals surface area (Å²) in [4.78, 5) is 34.1. The maximum absolute atomic E-state index is 12.9. The monoisotopic (exact) mass is 492 g/mol. The zero-order valence-electron chi connectivity index (χ0n) is 22.5. The highest BCUT2D eigenvalue weighted by Crippen LogP contribution is 2.31. The Bertz CT molecular complexity index is 688. The fourth-order valence-electron chi connectivity index (χ4n) is 4.31. The molecule has 1 unspecified atom stereocenters. The van der Waals surface area contributed by atoms with Gasteiger partial charge in [-0.2, -0.15) is 0 Å². The van der Waals surface area contributed by atoms with Crippen LogP contribution < -0.4 is 0 Å². The lowest BCUT2D eigenvalue weighted by atomic mass is 9.86. The van der Waals surface area contributed by atoms with E-state index >= 15 is 0 Å². The minimum absolute atomic E-state index is 0.244. The Morgan fingerprint density at radius 1 is 0.686 bits per heavy atom. The standard InChI is InChI=1S/C29H48O6/c1-5-7-9-11-13-15-17-23-28(30)32-34-35-33-29(31)27(22-16-14-12-10-8-6-2)26-21-19-18-20-25(26)24(3)4/h18-21,24,27H,5-17,22-23H2,1-4H3. The van der Waals surface area contributed by atoms with Gasteiger partial charge in [0.15, 0.2) is 0 Å². The third kappa shape index (κ3) is 14.3. The molecule has 6 heteroatoms. The zero-order valence-corrected chi connectivity index (χ0v) is 22.5. The van der Waals surface area contributed by atoms with Gasteiger partial charge in [-0.1, -0.05) is 129 Å². The van der Waals surface area contributed by atoms with E-state index < -0.39 is 17.9 Å². The van der Waals surface area contributed by atoms with Crippen molar-refractivity contribution in [3.8, 4) is 0 Å². The number of benzene rings is 1. The molecule has 0 heterocycles. The Labute approximate surface area is 212 Å². The van der Waals surface area contributed by atoms with Crippen molar-refractivity contribution in [2.75, 3.05) is 0 Å². The zero-order chi connectivity index (χ0) is 25.7. The third-order valence-corrected chi connectivity index (χ3v) is 6.38. The quantitative estimate of drug-likeness (QED) is 0.0971. The van der Waals surface area contributed by atoms with Crippen LogP contribution in [-0.4, -0.2) is 11.9 Å². The summed E-state index contributed by atoms with van der Waals surface area (Å²) in [5.41, 5.74) is 2.06. The van der Waals surface area contributed by atoms with Gasteiger partial charge in [-0.05, 0) is 29.9 Å². The molecule has 1 rings (SSSR count). The molecule has 6 nitrogen and oxygen atoms in total. The first-order valence-electron chi connectivity index (χ1n) is 13.8. The summed E-state index contributed by atoms with van der Waals surface area (Å²) in [6.45, 7) is 8.60. The van der Waals surface area contributed by atoms with Crippen LogP contribution in [0.2, 0.25) is 0 Å². The van der Waals surface area contributed by atoms with Crippen molar-refractivity contribution in [3.05, 3.63) is 35.4 Å². The van der Waals surface area contributed by atoms with E-state index in [0.717, 1.165) is 49.7 Å². The number of hydrogen-bond donors (Lipinski definition) is 0. The summed E-state index contributed by atoms with van der Waals surface area (Å²) in [7, 11) is 0. The molecule has 0 aromatic heterocycles. The predicted octanol–water partition coefficient (Wildman–Crippen LogP) is 8.65. The molecule has 200 valence electrons. The van der Waals surface area contributed by atoms with Gasteiger partial charge in [-0.15, -0.1) is 0 Å². The first kappa shape index (κ1) is 31.1. The Morgan fingerprint density at radius 3 is 1.80 bits per heavy atom. The average molecular weight is 493 g/mol. The molecule has 0 fully saturated rings. The van der Waals surface area contributed by atoms with Gasteiger partial charge in [0, 0.05) is 16.5 Å². The summed E-state index contributed by atoms with van der Waals surface area (Å²) in [6.07, 6.45) is 15.5. The smallest absolute Gasteiger partial charge is 0.266 e. The number of unbranched alkanes of at least 4 members (excludes halogenated alkanes) is 11. The van der Waals surface area contributed by atoms with E-state index in [-0.39, 0.29) is 12.3 Å². The molecular formula is C29H48O6. The largest absolute Gasteiger partial charge is 0.353 e. The first-order chi connectivity index (χ1) is 17.0. The second-order valence-corrected chi connectivity index (χ2v) is 9.76. The van der Waals surface area contributed by atoms with Gasteiger partial charge in [-0.25, -0.2) is 9.59 Å². The van der Waals surface area contributed by atoms with Crippen molar-refractivity contribution in [1.82, 2.24) is 0 Å². The van der Waals surface area contributed by atoms with Crippen LogP contribution in [0, 0.1) is 0 Å². The summed E-state index contributed by atoms with van der Waals surface area (Å²) in [5, 5.41) is 8.92. The van der Waals surface area contributed by atoms with Crippen LogP contribution >= 0.6 is 0 Å². The third-order valence-electron chi connectivity index (χ3n) is 6.38. The van der Waals surface area contributed by atoms with Crippen molar-refractivity contribution < 1.29 is 29.4 Å². The molecule has 1 atom stereocenters. The molecule has 0 saturated carbocycles. The molecule has 0 radical (unpaired) electrons. The summed E-state index contributed by atoms with van der Waals surface area (Å²) >= 11 is 0. The van der Waals surface area contributed by atoms with Gasteiger partial charge in [-0.3, -0.25) is 9.78 Å². The summed E-state index contributed by atoms with van der Waals surface area (Å²) in [6, 6.07) is 7.94. The van der Waals surface area contributed by atoms with Gasteiger partial charge >= 0.3 is 11.9 Å². The molecule has 0 aliphatic carbocycles. The molecule has 0 N–H and O–H groups in total. The Hall–Kier alpha value is -1.92. The average Bonchev–Trinajstić information content (AvgIpc) is 2.85. The van der Waals surface area contributed by atoms with E-state index in [1.807, 2.05) is 24.3 Å². The highest BCUT2D eigenvalue weighted by molar-refractivity contribution is 5.78. The van der Waals surface area contributed by atoms with Crippen LogP contribution in [0.1, 0.15) is 147 Å². The summed E-state index contributed by atoms with van der Waals surface area (Å²) < 4.78 is 0. The van der Waals surface area contributed by atoms with Crippen LogP contribution in [0.15, 0.2) is 24.3 Å². The topological polar surface area (TPSA) is 71.1 Å². The molecule has 0 aliphatic heterocycles. The van der Waals surface area contributed by atoms with Crippen LogP contribution in [0.5, 0.6) is 0 Å². The highest BCUT2D eigenvalue weighted by Gasteiger charge is 2.26. The van der Waals surface area contributed by atoms with E-state index in [1.54, 1.807) is 0 Å². The normalized spacial score (nSPS) is 12.0. The molecular weight excluding hydrogens is 444 g/mol. The van der Waals surface area contributed by atoms with Gasteiger partial charge in [0.25, 0.3) is 0 Å². The lowest BCUT2D eigenvalue weighted by molar-refractivity contribution is -0.600. The van der Waals surface area contributed by atoms with Gasteiger partial charge in [0.2, 0.25) is 0 Å². The molecule has 1 aromatic carbocycles. The lowest BCUT2D eigenvalue weighted by Crippen LogP contribution is -2.19. The summed E-state index contributed by atoms with van der Waals surface area (Å²) in [5.74, 6) is -1.28. The van der Waals surface area contributed by atoms with Crippen molar-refractivity contribution in [2.24, 2.45) is 0 Å². The van der Waals surface area contributed by atoms with Crippen LogP contribution in [0.4, 0.5) is 0 Å². The molecule has 35 heavy (non-hydrogen) atoms. The lowest BCUT2D eigenvalue weighted by Gasteiger charge is -2.20.